The van der Waals surface area contributed by atoms with Crippen LogP contribution in [0.1, 0.15) is 17.3 Å². The van der Waals surface area contributed by atoms with Crippen molar-refractivity contribution in [2.24, 2.45) is 7.05 Å². The Morgan fingerprint density at radius 2 is 1.77 bits per heavy atom. The van der Waals surface area contributed by atoms with Gasteiger partial charge in [0.2, 0.25) is 11.8 Å². The van der Waals surface area contributed by atoms with Crippen LogP contribution >= 0.6 is 0 Å². The molecule has 1 N–H and O–H groups in total. The molecule has 168 valence electrons. The van der Waals surface area contributed by atoms with E-state index in [9.17, 15) is 14.7 Å². The number of likely N-dealkylation sites (tertiary alicyclic amines) is 1. The van der Waals surface area contributed by atoms with E-state index >= 15 is 0 Å². The van der Waals surface area contributed by atoms with Crippen molar-refractivity contribution in [3.63, 3.8) is 0 Å². The molecule has 1 fully saturated rings. The van der Waals surface area contributed by atoms with Crippen molar-refractivity contribution >= 4 is 22.7 Å². The third-order valence-corrected chi connectivity index (χ3v) is 6.52. The summed E-state index contributed by atoms with van der Waals surface area (Å²) in [6.45, 7) is 1.15. The zero-order valence-corrected chi connectivity index (χ0v) is 18.4. The molecule has 31 heavy (non-hydrogen) atoms. The number of benzene rings is 1. The van der Waals surface area contributed by atoms with Crippen LogP contribution in [0.15, 0.2) is 18.2 Å². The first-order valence-corrected chi connectivity index (χ1v) is 10.2. The van der Waals surface area contributed by atoms with Crippen molar-refractivity contribution in [3.8, 4) is 5.75 Å². The molecule has 2 aromatic rings. The largest absolute Gasteiger partial charge is 0.497 e. The van der Waals surface area contributed by atoms with Crippen LogP contribution in [0.5, 0.6) is 5.75 Å². The van der Waals surface area contributed by atoms with E-state index < -0.39 is 11.5 Å². The third-order valence-electron chi connectivity index (χ3n) is 6.52. The lowest BCUT2D eigenvalue weighted by molar-refractivity contribution is -0.149. The number of nitrogens with zero attached hydrogens (tertiary/aromatic N) is 3. The molecule has 0 bridgehead atoms. The summed E-state index contributed by atoms with van der Waals surface area (Å²) in [6.07, 6.45) is 0. The Kier molecular flexibility index (Phi) is 5.67. The molecule has 9 heteroatoms. The van der Waals surface area contributed by atoms with E-state index in [1.807, 2.05) is 29.8 Å². The summed E-state index contributed by atoms with van der Waals surface area (Å²) in [6, 6.07) is 5.41. The van der Waals surface area contributed by atoms with Gasteiger partial charge in [-0.05, 0) is 17.7 Å². The van der Waals surface area contributed by atoms with Gasteiger partial charge in [-0.15, -0.1) is 0 Å². The van der Waals surface area contributed by atoms with Gasteiger partial charge in [-0.1, -0.05) is 0 Å². The van der Waals surface area contributed by atoms with Crippen LogP contribution in [0, 0.1) is 0 Å². The van der Waals surface area contributed by atoms with Crippen LogP contribution in [0.3, 0.4) is 0 Å². The van der Waals surface area contributed by atoms with Crippen molar-refractivity contribution in [2.75, 3.05) is 60.8 Å². The minimum absolute atomic E-state index is 0.0290. The van der Waals surface area contributed by atoms with E-state index in [0.717, 1.165) is 27.9 Å². The predicted octanol–water partition coefficient (Wildman–Crippen LogP) is 0.435. The molecule has 9 nitrogen and oxygen atoms in total. The molecule has 1 aromatic heterocycles. The lowest BCUT2D eigenvalue weighted by Gasteiger charge is -2.56. The predicted molar refractivity (Wildman–Crippen MR) is 113 cm³/mol. The Balaban J connectivity index is 1.86. The van der Waals surface area contributed by atoms with Crippen LogP contribution in [-0.4, -0.2) is 92.1 Å². The SMILES string of the molecule is COCC(=O)N1CC2(C1)CN(C(=O)COC)[C@H](CO)c1c2c2ccc(OC)cc2n1C. The number of hydrogen-bond acceptors (Lipinski definition) is 6. The second kappa shape index (κ2) is 8.14. The van der Waals surface area contributed by atoms with Crippen LogP contribution in [0.2, 0.25) is 0 Å². The second-order valence-corrected chi connectivity index (χ2v) is 8.32. The van der Waals surface area contributed by atoms with Gasteiger partial charge in [0.1, 0.15) is 19.0 Å². The van der Waals surface area contributed by atoms with Gasteiger partial charge < -0.3 is 33.7 Å². The molecule has 1 saturated heterocycles. The Bertz CT molecular complexity index is 1010. The first kappa shape index (κ1) is 21.6. The number of aliphatic hydroxyl groups is 1. The number of aryl methyl sites for hydroxylation is 1. The van der Waals surface area contributed by atoms with Crippen molar-refractivity contribution in [2.45, 2.75) is 11.5 Å². The van der Waals surface area contributed by atoms with Gasteiger partial charge in [0.15, 0.2) is 0 Å². The Hall–Kier alpha value is -2.62. The van der Waals surface area contributed by atoms with Crippen molar-refractivity contribution in [1.29, 1.82) is 0 Å². The van der Waals surface area contributed by atoms with Gasteiger partial charge in [0.25, 0.3) is 0 Å². The van der Waals surface area contributed by atoms with Gasteiger partial charge in [-0.3, -0.25) is 9.59 Å². The van der Waals surface area contributed by atoms with Gasteiger partial charge >= 0.3 is 0 Å². The van der Waals surface area contributed by atoms with Crippen LogP contribution in [0.25, 0.3) is 10.9 Å². The minimum Gasteiger partial charge on any atom is -0.497 e. The van der Waals surface area contributed by atoms with Gasteiger partial charge in [-0.25, -0.2) is 0 Å². The summed E-state index contributed by atoms with van der Waals surface area (Å²) in [4.78, 5) is 28.8. The lowest BCUT2D eigenvalue weighted by atomic mass is 9.68. The summed E-state index contributed by atoms with van der Waals surface area (Å²) < 4.78 is 17.5. The normalized spacial score (nSPS) is 19.5. The molecule has 0 aliphatic carbocycles. The fraction of sp³-hybridized carbons (Fsp3) is 0.545. The first-order valence-electron chi connectivity index (χ1n) is 10.2. The van der Waals surface area contributed by atoms with E-state index in [0.29, 0.717) is 19.6 Å². The highest BCUT2D eigenvalue weighted by molar-refractivity contribution is 5.91. The molecule has 0 unspecified atom stereocenters. The Morgan fingerprint density at radius 1 is 1.10 bits per heavy atom. The number of amides is 2. The second-order valence-electron chi connectivity index (χ2n) is 8.32. The molecule has 2 aliphatic rings. The average Bonchev–Trinajstić information content (AvgIpc) is 3.03. The van der Waals surface area contributed by atoms with E-state index in [-0.39, 0.29) is 31.6 Å². The number of ether oxygens (including phenoxy) is 3. The standard InChI is InChI=1S/C22H29N3O6/c1-23-16-7-14(31-4)5-6-15(16)20-21(23)17(8-26)25(19(28)10-30-3)13-22(20)11-24(12-22)18(27)9-29-2/h5-7,17,26H,8-13H2,1-4H3/t17-/m1/s1. The number of fused-ring (bicyclic) bond motifs is 4. The number of carbonyl (C=O) groups excluding carboxylic acids is 2. The van der Waals surface area contributed by atoms with Crippen molar-refractivity contribution in [1.82, 2.24) is 14.4 Å². The summed E-state index contributed by atoms with van der Waals surface area (Å²) in [5.74, 6) is 0.476. The quantitative estimate of drug-likeness (QED) is 0.713. The zero-order valence-electron chi connectivity index (χ0n) is 18.4. The zero-order chi connectivity index (χ0) is 22.3. The number of rotatable bonds is 6. The third kappa shape index (κ3) is 3.28. The van der Waals surface area contributed by atoms with Gasteiger partial charge in [0, 0.05) is 58.0 Å². The first-order chi connectivity index (χ1) is 14.9. The highest BCUT2D eigenvalue weighted by Gasteiger charge is 2.55. The molecule has 4 rings (SSSR count). The highest BCUT2D eigenvalue weighted by Crippen LogP contribution is 2.49. The summed E-state index contributed by atoms with van der Waals surface area (Å²) in [5, 5.41) is 11.3. The molecule has 0 saturated carbocycles. The van der Waals surface area contributed by atoms with Crippen molar-refractivity contribution < 1.29 is 28.9 Å². The monoisotopic (exact) mass is 431 g/mol. The molecule has 3 heterocycles. The summed E-state index contributed by atoms with van der Waals surface area (Å²) in [7, 11) is 6.54. The fourth-order valence-corrected chi connectivity index (χ4v) is 5.16. The number of carbonyl (C=O) groups is 2. The van der Waals surface area contributed by atoms with Crippen LogP contribution in [-0.2, 0) is 31.5 Å². The number of aromatic nitrogens is 1. The van der Waals surface area contributed by atoms with E-state index in [1.165, 1.54) is 14.2 Å². The molecule has 2 amide bonds. The molecule has 1 aromatic carbocycles. The van der Waals surface area contributed by atoms with Gasteiger partial charge in [0.05, 0.1) is 30.7 Å². The number of methoxy groups -OCH3 is 3. The molecular weight excluding hydrogens is 402 g/mol. The topological polar surface area (TPSA) is 93.5 Å². The maximum Gasteiger partial charge on any atom is 0.249 e. The maximum absolute atomic E-state index is 12.9. The van der Waals surface area contributed by atoms with Crippen molar-refractivity contribution in [3.05, 3.63) is 29.5 Å². The summed E-state index contributed by atoms with van der Waals surface area (Å²) >= 11 is 0. The molecular formula is C22H29N3O6. The molecule has 1 spiro atoms. The lowest BCUT2D eigenvalue weighted by Crippen LogP contribution is -2.68. The Morgan fingerprint density at radius 3 is 2.39 bits per heavy atom. The van der Waals surface area contributed by atoms with Crippen LogP contribution in [0.4, 0.5) is 0 Å². The number of aliphatic hydroxyl groups excluding tert-OH is 1. The maximum atomic E-state index is 12.9. The summed E-state index contributed by atoms with van der Waals surface area (Å²) in [5.41, 5.74) is 2.53. The molecule has 1 atom stereocenters. The minimum atomic E-state index is -0.490. The number of hydrogen-bond donors (Lipinski definition) is 1. The highest BCUT2D eigenvalue weighted by atomic mass is 16.5. The van der Waals surface area contributed by atoms with Crippen LogP contribution < -0.4 is 4.74 Å². The fourth-order valence-electron chi connectivity index (χ4n) is 5.16. The van der Waals surface area contributed by atoms with E-state index in [4.69, 9.17) is 14.2 Å². The average molecular weight is 431 g/mol. The van der Waals surface area contributed by atoms with E-state index in [1.54, 1.807) is 16.9 Å². The van der Waals surface area contributed by atoms with E-state index in [2.05, 4.69) is 0 Å². The molecule has 0 radical (unpaired) electrons. The molecule has 2 aliphatic heterocycles. The smallest absolute Gasteiger partial charge is 0.249 e. The Labute approximate surface area is 181 Å². The van der Waals surface area contributed by atoms with Gasteiger partial charge in [-0.2, -0.15) is 0 Å².